The van der Waals surface area contributed by atoms with Crippen LogP contribution in [0.25, 0.3) is 0 Å². The van der Waals surface area contributed by atoms with Gasteiger partial charge in [0.25, 0.3) is 0 Å². The maximum Gasteiger partial charge on any atom is 0.332 e. The van der Waals surface area contributed by atoms with E-state index < -0.39 is 18.4 Å². The van der Waals surface area contributed by atoms with Gasteiger partial charge in [-0.05, 0) is 85.4 Å². The molecule has 6 rings (SSSR count). The molecular weight excluding hydrogens is 444 g/mol. The Morgan fingerprint density at radius 2 is 1.83 bits per heavy atom. The molecule has 6 fully saturated rings. The van der Waals surface area contributed by atoms with Crippen molar-refractivity contribution in [1.82, 2.24) is 0 Å². The number of hydrogen-bond acceptors (Lipinski definition) is 6. The fourth-order valence-corrected chi connectivity index (χ4v) is 10.4. The van der Waals surface area contributed by atoms with Crippen molar-refractivity contribution in [1.29, 1.82) is 0 Å². The third-order valence-electron chi connectivity index (χ3n) is 12.1. The van der Waals surface area contributed by atoms with Crippen LogP contribution in [0.15, 0.2) is 0 Å². The number of aliphatic hydroxyl groups is 1. The highest BCUT2D eigenvalue weighted by atomic mass is 16.7. The SMILES string of the molecule is CC1CC[C@@]2(OC1)O[C@H]1C[C@H]3[C@@H]4CC(=O)C5C[C@@H](OC(=O)CO)CC[C@]5(C)[C@H]4CC[C@]3(C)[C@H]1[C@@H]2C. The van der Waals surface area contributed by atoms with Gasteiger partial charge in [-0.3, -0.25) is 4.79 Å². The lowest BCUT2D eigenvalue weighted by Crippen LogP contribution is -2.58. The molecular formula is C29H44O6. The summed E-state index contributed by atoms with van der Waals surface area (Å²) in [4.78, 5) is 25.3. The minimum Gasteiger partial charge on any atom is -0.461 e. The maximum atomic E-state index is 13.6. The molecule has 35 heavy (non-hydrogen) atoms. The number of Topliss-reactive ketones (excluding diaryl/α,β-unsaturated/α-hetero) is 1. The van der Waals surface area contributed by atoms with Crippen LogP contribution in [0.1, 0.15) is 85.5 Å². The van der Waals surface area contributed by atoms with E-state index in [9.17, 15) is 9.59 Å². The van der Waals surface area contributed by atoms with Crippen LogP contribution >= 0.6 is 0 Å². The highest BCUT2D eigenvalue weighted by Crippen LogP contribution is 2.71. The second kappa shape index (κ2) is 8.26. The third kappa shape index (κ3) is 3.45. The van der Waals surface area contributed by atoms with Crippen LogP contribution in [0, 0.1) is 52.3 Å². The zero-order valence-electron chi connectivity index (χ0n) is 22.0. The van der Waals surface area contributed by atoms with Gasteiger partial charge in [-0.25, -0.2) is 4.79 Å². The molecule has 6 nitrogen and oxygen atoms in total. The molecule has 6 heteroatoms. The lowest BCUT2D eigenvalue weighted by molar-refractivity contribution is -0.273. The van der Waals surface area contributed by atoms with Crippen LogP contribution in [0.3, 0.4) is 0 Å². The number of fused-ring (bicyclic) bond motifs is 7. The molecule has 196 valence electrons. The molecule has 2 saturated heterocycles. The average Bonchev–Trinajstić information content (AvgIpc) is 3.27. The molecule has 6 aliphatic rings. The van der Waals surface area contributed by atoms with E-state index in [2.05, 4.69) is 27.7 Å². The van der Waals surface area contributed by atoms with Crippen molar-refractivity contribution in [2.45, 2.75) is 103 Å². The van der Waals surface area contributed by atoms with E-state index in [1.54, 1.807) is 0 Å². The Bertz CT molecular complexity index is 878. The van der Waals surface area contributed by atoms with Crippen molar-refractivity contribution in [3.63, 3.8) is 0 Å². The second-order valence-electron chi connectivity index (χ2n) is 13.7. The maximum absolute atomic E-state index is 13.6. The van der Waals surface area contributed by atoms with Gasteiger partial charge in [0.15, 0.2) is 5.79 Å². The predicted octanol–water partition coefficient (Wildman–Crippen LogP) is 4.52. The molecule has 0 aromatic heterocycles. The summed E-state index contributed by atoms with van der Waals surface area (Å²) in [6, 6.07) is 0. The van der Waals surface area contributed by atoms with Crippen molar-refractivity contribution in [2.24, 2.45) is 52.3 Å². The molecule has 0 bridgehead atoms. The quantitative estimate of drug-likeness (QED) is 0.576. The van der Waals surface area contributed by atoms with E-state index in [-0.39, 0.29) is 29.0 Å². The highest BCUT2D eigenvalue weighted by Gasteiger charge is 2.69. The van der Waals surface area contributed by atoms with E-state index in [4.69, 9.17) is 19.3 Å². The summed E-state index contributed by atoms with van der Waals surface area (Å²) in [5.74, 6) is 2.40. The molecule has 4 saturated carbocycles. The van der Waals surface area contributed by atoms with Gasteiger partial charge in [-0.15, -0.1) is 0 Å². The molecule has 2 heterocycles. The zero-order valence-corrected chi connectivity index (χ0v) is 22.0. The smallest absolute Gasteiger partial charge is 0.332 e. The Morgan fingerprint density at radius 1 is 1.06 bits per heavy atom. The van der Waals surface area contributed by atoms with Crippen molar-refractivity contribution >= 4 is 11.8 Å². The number of ether oxygens (including phenoxy) is 3. The second-order valence-corrected chi connectivity index (χ2v) is 13.7. The summed E-state index contributed by atoms with van der Waals surface area (Å²) in [5.41, 5.74) is 0.190. The van der Waals surface area contributed by atoms with E-state index in [1.165, 1.54) is 19.3 Å². The van der Waals surface area contributed by atoms with Crippen LogP contribution < -0.4 is 0 Å². The molecule has 12 atom stereocenters. The summed E-state index contributed by atoms with van der Waals surface area (Å²) < 4.78 is 18.8. The normalized spacial score (nSPS) is 55.1. The van der Waals surface area contributed by atoms with Gasteiger partial charge in [-0.1, -0.05) is 27.7 Å². The average molecular weight is 489 g/mol. The number of rotatable bonds is 2. The lowest BCUT2D eigenvalue weighted by Gasteiger charge is -2.60. The number of esters is 1. The predicted molar refractivity (Wildman–Crippen MR) is 129 cm³/mol. The van der Waals surface area contributed by atoms with E-state index in [0.29, 0.717) is 54.1 Å². The van der Waals surface area contributed by atoms with Gasteiger partial charge in [-0.2, -0.15) is 0 Å². The summed E-state index contributed by atoms with van der Waals surface area (Å²) in [7, 11) is 0. The Labute approximate surface area is 209 Å². The number of hydrogen-bond donors (Lipinski definition) is 1. The monoisotopic (exact) mass is 488 g/mol. The highest BCUT2D eigenvalue weighted by molar-refractivity contribution is 5.83. The van der Waals surface area contributed by atoms with Crippen LogP contribution in [0.5, 0.6) is 0 Å². The van der Waals surface area contributed by atoms with Gasteiger partial charge in [0.2, 0.25) is 0 Å². The van der Waals surface area contributed by atoms with Crippen LogP contribution in [0.2, 0.25) is 0 Å². The van der Waals surface area contributed by atoms with Crippen LogP contribution in [0.4, 0.5) is 0 Å². The zero-order chi connectivity index (χ0) is 24.8. The number of carbonyl (C=O) groups excluding carboxylic acids is 2. The number of ketones is 1. The van der Waals surface area contributed by atoms with Crippen LogP contribution in [-0.2, 0) is 23.8 Å². The Hall–Kier alpha value is -0.980. The largest absolute Gasteiger partial charge is 0.461 e. The van der Waals surface area contributed by atoms with Gasteiger partial charge >= 0.3 is 5.97 Å². The lowest BCUT2D eigenvalue weighted by atomic mass is 9.44. The van der Waals surface area contributed by atoms with Gasteiger partial charge in [0.1, 0.15) is 18.5 Å². The van der Waals surface area contributed by atoms with Crippen LogP contribution in [-0.4, -0.2) is 48.1 Å². The summed E-state index contributed by atoms with van der Waals surface area (Å²) in [6.07, 6.45) is 8.66. The molecule has 2 aliphatic heterocycles. The van der Waals surface area contributed by atoms with Crippen molar-refractivity contribution in [2.75, 3.05) is 13.2 Å². The molecule has 0 aromatic carbocycles. The third-order valence-corrected chi connectivity index (χ3v) is 12.1. The standard InChI is InChI=1S/C29H44O6/c1-16-5-10-29(33-15-16)17(2)26-24(35-29)13-21-19-12-23(31)22-11-18(34-25(32)14-30)6-8-27(22,3)20(19)7-9-28(21,26)4/h16-22,24,26,30H,5-15H2,1-4H3/t16?,17-,18-,19+,20-,21-,22?,24-,26-,27+,28-,29+/m0/s1. The molecule has 1 spiro atoms. The first-order chi connectivity index (χ1) is 16.6. The van der Waals surface area contributed by atoms with Crippen molar-refractivity contribution < 1.29 is 28.9 Å². The van der Waals surface area contributed by atoms with Gasteiger partial charge < -0.3 is 19.3 Å². The molecule has 0 aromatic rings. The summed E-state index contributed by atoms with van der Waals surface area (Å²) >= 11 is 0. The fraction of sp³-hybridized carbons (Fsp3) is 0.931. The van der Waals surface area contributed by atoms with E-state index in [0.717, 1.165) is 32.3 Å². The van der Waals surface area contributed by atoms with Crippen molar-refractivity contribution in [3.8, 4) is 0 Å². The minimum absolute atomic E-state index is 0.0164. The summed E-state index contributed by atoms with van der Waals surface area (Å²) in [6.45, 7) is 9.71. The number of aliphatic hydroxyl groups excluding tert-OH is 1. The summed E-state index contributed by atoms with van der Waals surface area (Å²) in [5, 5.41) is 9.09. The molecule has 1 N–H and O–H groups in total. The first kappa shape index (κ1) is 24.4. The van der Waals surface area contributed by atoms with E-state index >= 15 is 0 Å². The molecule has 0 radical (unpaired) electrons. The Balaban J connectivity index is 1.22. The number of carbonyl (C=O) groups is 2. The van der Waals surface area contributed by atoms with E-state index in [1.807, 2.05) is 0 Å². The first-order valence-electron chi connectivity index (χ1n) is 14.3. The van der Waals surface area contributed by atoms with Crippen molar-refractivity contribution in [3.05, 3.63) is 0 Å². The molecule has 0 amide bonds. The minimum atomic E-state index is -0.592. The fourth-order valence-electron chi connectivity index (χ4n) is 10.4. The molecule has 4 aliphatic carbocycles. The Kier molecular flexibility index (Phi) is 5.75. The molecule has 2 unspecified atom stereocenters. The van der Waals surface area contributed by atoms with Gasteiger partial charge in [0.05, 0.1) is 12.7 Å². The van der Waals surface area contributed by atoms with Gasteiger partial charge in [0, 0.05) is 24.7 Å². The Morgan fingerprint density at radius 3 is 2.54 bits per heavy atom. The topological polar surface area (TPSA) is 82.1 Å². The first-order valence-corrected chi connectivity index (χ1v) is 14.3.